The van der Waals surface area contributed by atoms with Crippen LogP contribution in [0.4, 0.5) is 0 Å². The summed E-state index contributed by atoms with van der Waals surface area (Å²) >= 11 is 6.54. The maximum Gasteiger partial charge on any atom is 0.226 e. The fourth-order valence-corrected chi connectivity index (χ4v) is 3.94. The van der Waals surface area contributed by atoms with E-state index in [1.165, 1.54) is 5.56 Å². The molecule has 0 radical (unpaired) electrons. The molecule has 1 aliphatic rings. The van der Waals surface area contributed by atoms with Crippen LogP contribution >= 0.6 is 11.6 Å². The number of fused-ring (bicyclic) bond motifs is 1. The Hall–Kier alpha value is -2.59. The minimum Gasteiger partial charge on any atom is -0.497 e. The molecule has 0 N–H and O–H groups in total. The molecule has 4 nitrogen and oxygen atoms in total. The third-order valence-corrected chi connectivity index (χ3v) is 5.74. The van der Waals surface area contributed by atoms with Crippen molar-refractivity contribution >= 4 is 28.4 Å². The quantitative estimate of drug-likeness (QED) is 0.509. The normalized spacial score (nSPS) is 13.5. The topological polar surface area (TPSA) is 42.4 Å². The molecule has 1 heterocycles. The number of pyridine rings is 1. The van der Waals surface area contributed by atoms with Gasteiger partial charge in [-0.2, -0.15) is 0 Å². The van der Waals surface area contributed by atoms with E-state index in [2.05, 4.69) is 30.1 Å². The van der Waals surface area contributed by atoms with Gasteiger partial charge in [-0.15, -0.1) is 0 Å². The van der Waals surface area contributed by atoms with E-state index in [0.717, 1.165) is 46.2 Å². The molecule has 3 aromatic rings. The van der Waals surface area contributed by atoms with E-state index in [-0.39, 0.29) is 11.8 Å². The van der Waals surface area contributed by atoms with Crippen LogP contribution in [-0.4, -0.2) is 22.9 Å². The van der Waals surface area contributed by atoms with Gasteiger partial charge >= 0.3 is 0 Å². The minimum atomic E-state index is 0.143. The Morgan fingerprint density at radius 3 is 2.52 bits per heavy atom. The lowest BCUT2D eigenvalue weighted by Crippen LogP contribution is -2.31. The zero-order valence-corrected chi connectivity index (χ0v) is 17.8. The third-order valence-electron chi connectivity index (χ3n) is 5.41. The van der Waals surface area contributed by atoms with E-state index in [4.69, 9.17) is 16.3 Å². The smallest absolute Gasteiger partial charge is 0.226 e. The number of nitrogens with zero attached hydrogens (tertiary/aromatic N) is 2. The summed E-state index contributed by atoms with van der Waals surface area (Å²) in [6.07, 6.45) is 1.94. The summed E-state index contributed by atoms with van der Waals surface area (Å²) in [5, 5.41) is 1.53. The number of carbonyl (C=O) groups excluding carboxylic acids is 1. The van der Waals surface area contributed by atoms with Crippen molar-refractivity contribution < 1.29 is 9.53 Å². The molecular formula is C24H25ClN2O2. The Bertz CT molecular complexity index is 1060. The van der Waals surface area contributed by atoms with Gasteiger partial charge in [0.2, 0.25) is 5.91 Å². The van der Waals surface area contributed by atoms with E-state index in [9.17, 15) is 4.79 Å². The molecular weight excluding hydrogens is 384 g/mol. The highest BCUT2D eigenvalue weighted by atomic mass is 35.5. The zero-order valence-electron chi connectivity index (χ0n) is 17.0. The highest BCUT2D eigenvalue weighted by Crippen LogP contribution is 2.33. The number of amides is 1. The number of benzene rings is 2. The van der Waals surface area contributed by atoms with Gasteiger partial charge in [0.15, 0.2) is 0 Å². The molecule has 0 atom stereocenters. The van der Waals surface area contributed by atoms with Crippen molar-refractivity contribution in [3.8, 4) is 5.75 Å². The van der Waals surface area contributed by atoms with E-state index in [0.29, 0.717) is 18.2 Å². The Morgan fingerprint density at radius 1 is 1.14 bits per heavy atom. The molecule has 2 aromatic carbocycles. The van der Waals surface area contributed by atoms with Crippen molar-refractivity contribution in [2.75, 3.05) is 7.11 Å². The van der Waals surface area contributed by atoms with Crippen LogP contribution in [0.5, 0.6) is 5.75 Å². The standard InChI is InChI=1S/C24H25ClN2O2/c1-15-10-16(2)22-19(11-15)12-20(23(25)26-22)14-27(24(28)18-6-7-18)13-17-4-8-21(29-3)9-5-17/h4-5,8-12,18H,6-7,13-14H2,1-3H3. The average molecular weight is 409 g/mol. The number of aromatic nitrogens is 1. The molecule has 5 heteroatoms. The molecule has 0 unspecified atom stereocenters. The van der Waals surface area contributed by atoms with E-state index in [1.807, 2.05) is 36.1 Å². The number of rotatable bonds is 6. The number of ether oxygens (including phenoxy) is 1. The number of hydrogen-bond donors (Lipinski definition) is 0. The summed E-state index contributed by atoms with van der Waals surface area (Å²) in [5.74, 6) is 1.14. The van der Waals surface area contributed by atoms with Crippen molar-refractivity contribution in [1.29, 1.82) is 0 Å². The van der Waals surface area contributed by atoms with Crippen molar-refractivity contribution in [1.82, 2.24) is 9.88 Å². The highest BCUT2D eigenvalue weighted by Gasteiger charge is 2.33. The van der Waals surface area contributed by atoms with Crippen LogP contribution in [0.2, 0.25) is 5.15 Å². The number of hydrogen-bond acceptors (Lipinski definition) is 3. The molecule has 0 spiro atoms. The van der Waals surface area contributed by atoms with Gasteiger partial charge in [0.1, 0.15) is 10.9 Å². The second kappa shape index (κ2) is 8.03. The van der Waals surface area contributed by atoms with E-state index < -0.39 is 0 Å². The molecule has 150 valence electrons. The van der Waals surface area contributed by atoms with Gasteiger partial charge in [-0.3, -0.25) is 4.79 Å². The summed E-state index contributed by atoms with van der Waals surface area (Å²) < 4.78 is 5.24. The van der Waals surface area contributed by atoms with Crippen LogP contribution in [0.3, 0.4) is 0 Å². The highest BCUT2D eigenvalue weighted by molar-refractivity contribution is 6.30. The van der Waals surface area contributed by atoms with Crippen LogP contribution in [-0.2, 0) is 17.9 Å². The van der Waals surface area contributed by atoms with Gasteiger partial charge in [0.25, 0.3) is 0 Å². The molecule has 1 amide bonds. The van der Waals surface area contributed by atoms with Gasteiger partial charge in [0.05, 0.1) is 12.6 Å². The maximum absolute atomic E-state index is 13.0. The lowest BCUT2D eigenvalue weighted by molar-refractivity contribution is -0.133. The Morgan fingerprint density at radius 2 is 1.86 bits per heavy atom. The Labute approximate surface area is 176 Å². The van der Waals surface area contributed by atoms with Crippen LogP contribution in [0.15, 0.2) is 42.5 Å². The Balaban J connectivity index is 1.64. The van der Waals surface area contributed by atoms with Crippen molar-refractivity contribution in [3.63, 3.8) is 0 Å². The first-order valence-corrected chi connectivity index (χ1v) is 10.3. The Kier molecular flexibility index (Phi) is 5.46. The summed E-state index contributed by atoms with van der Waals surface area (Å²) in [7, 11) is 1.65. The van der Waals surface area contributed by atoms with Crippen LogP contribution in [0.1, 0.15) is 35.1 Å². The lowest BCUT2D eigenvalue weighted by Gasteiger charge is -2.24. The predicted molar refractivity (Wildman–Crippen MR) is 116 cm³/mol. The number of methoxy groups -OCH3 is 1. The number of halogens is 1. The fourth-order valence-electron chi connectivity index (χ4n) is 3.74. The van der Waals surface area contributed by atoms with Gasteiger partial charge in [-0.1, -0.05) is 35.4 Å². The van der Waals surface area contributed by atoms with Crippen LogP contribution in [0.25, 0.3) is 10.9 Å². The SMILES string of the molecule is COc1ccc(CN(Cc2cc3cc(C)cc(C)c3nc2Cl)C(=O)C2CC2)cc1. The molecule has 0 saturated heterocycles. The molecule has 0 aliphatic heterocycles. The summed E-state index contributed by atoms with van der Waals surface area (Å²) in [6, 6.07) is 14.1. The van der Waals surface area contributed by atoms with Gasteiger partial charge in [-0.05, 0) is 62.1 Å². The molecule has 1 fully saturated rings. The first-order valence-electron chi connectivity index (χ1n) is 9.92. The number of carbonyl (C=O) groups is 1. The molecule has 1 aliphatic carbocycles. The first kappa shape index (κ1) is 19.7. The first-order chi connectivity index (χ1) is 13.9. The van der Waals surface area contributed by atoms with Crippen molar-refractivity contribution in [3.05, 3.63) is 69.9 Å². The second-order valence-corrected chi connectivity index (χ2v) is 8.27. The van der Waals surface area contributed by atoms with Gasteiger partial charge < -0.3 is 9.64 Å². The molecule has 1 aromatic heterocycles. The largest absolute Gasteiger partial charge is 0.497 e. The summed E-state index contributed by atoms with van der Waals surface area (Å²) in [4.78, 5) is 19.5. The minimum absolute atomic E-state index is 0.143. The fraction of sp³-hybridized carbons (Fsp3) is 0.333. The van der Waals surface area contributed by atoms with Crippen LogP contribution < -0.4 is 4.74 Å². The molecule has 4 rings (SSSR count). The second-order valence-electron chi connectivity index (χ2n) is 7.91. The maximum atomic E-state index is 13.0. The predicted octanol–water partition coefficient (Wildman–Crippen LogP) is 5.45. The molecule has 1 saturated carbocycles. The molecule has 0 bridgehead atoms. The van der Waals surface area contributed by atoms with Gasteiger partial charge in [0, 0.05) is 30.0 Å². The zero-order chi connectivity index (χ0) is 20.5. The summed E-state index contributed by atoms with van der Waals surface area (Å²) in [6.45, 7) is 5.12. The lowest BCUT2D eigenvalue weighted by atomic mass is 10.0. The van der Waals surface area contributed by atoms with Gasteiger partial charge in [-0.25, -0.2) is 4.98 Å². The van der Waals surface area contributed by atoms with Crippen molar-refractivity contribution in [2.24, 2.45) is 5.92 Å². The monoisotopic (exact) mass is 408 g/mol. The third kappa shape index (κ3) is 4.38. The van der Waals surface area contributed by atoms with E-state index >= 15 is 0 Å². The number of aryl methyl sites for hydroxylation is 2. The van der Waals surface area contributed by atoms with E-state index in [1.54, 1.807) is 7.11 Å². The molecule has 29 heavy (non-hydrogen) atoms. The van der Waals surface area contributed by atoms with Crippen molar-refractivity contribution in [2.45, 2.75) is 39.8 Å². The van der Waals surface area contributed by atoms with Crippen LogP contribution in [0, 0.1) is 19.8 Å². The summed E-state index contributed by atoms with van der Waals surface area (Å²) in [5.41, 5.74) is 5.16. The average Bonchev–Trinajstić information content (AvgIpc) is 3.54.